The van der Waals surface area contributed by atoms with Crippen LogP contribution in [0.25, 0.3) is 11.1 Å². The fourth-order valence-corrected chi connectivity index (χ4v) is 5.16. The van der Waals surface area contributed by atoms with E-state index in [0.29, 0.717) is 17.9 Å². The van der Waals surface area contributed by atoms with E-state index in [0.717, 1.165) is 32.4 Å². The van der Waals surface area contributed by atoms with Crippen molar-refractivity contribution in [1.29, 1.82) is 5.41 Å². The van der Waals surface area contributed by atoms with Crippen LogP contribution >= 0.6 is 0 Å². The third kappa shape index (κ3) is 6.09. The Morgan fingerprint density at radius 3 is 2.50 bits per heavy atom. The monoisotopic (exact) mass is 554 g/mol. The molecule has 1 aromatic heterocycles. The number of amides is 1. The van der Waals surface area contributed by atoms with Gasteiger partial charge in [0.05, 0.1) is 18.4 Å². The van der Waals surface area contributed by atoms with Gasteiger partial charge in [-0.3, -0.25) is 15.1 Å². The second kappa shape index (κ2) is 11.2. The smallest absolute Gasteiger partial charge is 0.274 e. The van der Waals surface area contributed by atoms with Crippen LogP contribution < -0.4 is 16.0 Å². The number of benzene rings is 2. The third-order valence-electron chi connectivity index (χ3n) is 7.30. The molecule has 5 rings (SSSR count). The molecular weight excluding hydrogens is 524 g/mol. The molecule has 11 heteroatoms. The van der Waals surface area contributed by atoms with E-state index in [1.807, 2.05) is 0 Å². The number of nitrogens with two attached hydrogens (primary N) is 1. The highest BCUT2D eigenvalue weighted by Gasteiger charge is 2.38. The topological polar surface area (TPSA) is 98.3 Å². The molecule has 0 bridgehead atoms. The van der Waals surface area contributed by atoms with Gasteiger partial charge in [0, 0.05) is 36.3 Å². The Morgan fingerprint density at radius 2 is 1.82 bits per heavy atom. The largest absolute Gasteiger partial charge is 0.398 e. The first-order valence-electron chi connectivity index (χ1n) is 13.2. The molecule has 7 nitrogen and oxygen atoms in total. The number of alkyl halides is 2. The molecule has 0 aliphatic carbocycles. The molecule has 1 amide bonds. The van der Waals surface area contributed by atoms with Crippen molar-refractivity contribution >= 4 is 28.8 Å². The molecule has 2 aliphatic heterocycles. The number of nitrogens with zero attached hydrogens (tertiary/aromatic N) is 3. The predicted molar refractivity (Wildman–Crippen MR) is 147 cm³/mol. The lowest BCUT2D eigenvalue weighted by Gasteiger charge is -2.26. The van der Waals surface area contributed by atoms with Gasteiger partial charge in [0.15, 0.2) is 11.6 Å². The highest BCUT2D eigenvalue weighted by atomic mass is 19.3. The quantitative estimate of drug-likeness (QED) is 0.205. The summed E-state index contributed by atoms with van der Waals surface area (Å²) in [6, 6.07) is 10.2. The molecule has 0 unspecified atom stereocenters. The molecule has 2 fully saturated rings. The minimum absolute atomic E-state index is 0.0220. The number of piperidine rings is 1. The van der Waals surface area contributed by atoms with Crippen LogP contribution in [0.5, 0.6) is 0 Å². The van der Waals surface area contributed by atoms with Crippen LogP contribution in [0.4, 0.5) is 34.8 Å². The number of carbonyl (C=O) groups excluding carboxylic acids is 1. The molecule has 0 saturated carbocycles. The number of hydrogen-bond donors (Lipinski definition) is 3. The molecule has 3 heterocycles. The average molecular weight is 555 g/mol. The van der Waals surface area contributed by atoms with Crippen LogP contribution in [-0.4, -0.2) is 53.6 Å². The summed E-state index contributed by atoms with van der Waals surface area (Å²) >= 11 is 0. The SMILES string of the molecule is N=C(C(=O)Nc1ccc(N2CCC(F)(F)C2)nc1)c1cc(-c2cc(CN3CCCCC3)cc(F)c2F)ccc1N. The number of nitrogen functional groups attached to an aromatic ring is 1. The maximum absolute atomic E-state index is 14.9. The second-order valence-corrected chi connectivity index (χ2v) is 10.3. The lowest BCUT2D eigenvalue weighted by molar-refractivity contribution is -0.110. The number of anilines is 3. The Kier molecular flexibility index (Phi) is 7.75. The zero-order valence-corrected chi connectivity index (χ0v) is 21.8. The standard InChI is InChI=1S/C29H30F4N6O/c30-23-13-18(16-38-9-2-1-3-10-38)12-21(26(23)31)19-4-6-24(34)22(14-19)27(35)28(40)37-20-5-7-25(36-15-20)39-11-8-29(32,33)17-39/h4-7,12-15,35H,1-3,8-11,16-17,34H2,(H,37,40). The molecule has 2 saturated heterocycles. The first-order chi connectivity index (χ1) is 19.1. The number of likely N-dealkylation sites (tertiary alicyclic amines) is 1. The summed E-state index contributed by atoms with van der Waals surface area (Å²) < 4.78 is 56.5. The van der Waals surface area contributed by atoms with E-state index >= 15 is 0 Å². The van der Waals surface area contributed by atoms with Gasteiger partial charge < -0.3 is 16.0 Å². The molecule has 3 aromatic rings. The van der Waals surface area contributed by atoms with Gasteiger partial charge >= 0.3 is 0 Å². The van der Waals surface area contributed by atoms with Crippen LogP contribution in [0, 0.1) is 17.0 Å². The summed E-state index contributed by atoms with van der Waals surface area (Å²) in [6.07, 6.45) is 4.38. The van der Waals surface area contributed by atoms with Crippen LogP contribution in [0.15, 0.2) is 48.7 Å². The Bertz CT molecular complexity index is 1420. The molecule has 210 valence electrons. The summed E-state index contributed by atoms with van der Waals surface area (Å²) in [5, 5.41) is 11.0. The number of halogens is 4. The Balaban J connectivity index is 1.32. The molecule has 2 aliphatic rings. The van der Waals surface area contributed by atoms with Crippen molar-refractivity contribution in [3.63, 3.8) is 0 Å². The highest BCUT2D eigenvalue weighted by Crippen LogP contribution is 2.31. The van der Waals surface area contributed by atoms with Gasteiger partial charge in [-0.2, -0.15) is 0 Å². The van der Waals surface area contributed by atoms with Crippen molar-refractivity contribution in [3.8, 4) is 11.1 Å². The summed E-state index contributed by atoms with van der Waals surface area (Å²) in [5.41, 5.74) is 6.96. The number of hydrogen-bond acceptors (Lipinski definition) is 6. The van der Waals surface area contributed by atoms with Gasteiger partial charge in [0.2, 0.25) is 0 Å². The van der Waals surface area contributed by atoms with Gasteiger partial charge in [-0.25, -0.2) is 22.5 Å². The number of aromatic nitrogens is 1. The molecule has 2 aromatic carbocycles. The Hall–Kier alpha value is -3.99. The van der Waals surface area contributed by atoms with Crippen molar-refractivity contribution < 1.29 is 22.4 Å². The van der Waals surface area contributed by atoms with Crippen molar-refractivity contribution in [1.82, 2.24) is 9.88 Å². The minimum atomic E-state index is -2.76. The van der Waals surface area contributed by atoms with Crippen LogP contribution in [-0.2, 0) is 11.3 Å². The van der Waals surface area contributed by atoms with Crippen LogP contribution in [0.2, 0.25) is 0 Å². The Labute approximate surface area is 229 Å². The highest BCUT2D eigenvalue weighted by molar-refractivity contribution is 6.48. The fraction of sp³-hybridized carbons (Fsp3) is 0.345. The fourth-order valence-electron chi connectivity index (χ4n) is 5.16. The van der Waals surface area contributed by atoms with E-state index in [1.165, 1.54) is 47.5 Å². The first-order valence-corrected chi connectivity index (χ1v) is 13.2. The number of pyridine rings is 1. The van der Waals surface area contributed by atoms with E-state index < -0.39 is 35.7 Å². The third-order valence-corrected chi connectivity index (χ3v) is 7.30. The van der Waals surface area contributed by atoms with Gasteiger partial charge in [-0.05, 0) is 73.5 Å². The molecule has 0 atom stereocenters. The normalized spacial score (nSPS) is 17.1. The first kappa shape index (κ1) is 27.6. The number of carbonyl (C=O) groups is 1. The second-order valence-electron chi connectivity index (χ2n) is 10.3. The van der Waals surface area contributed by atoms with Gasteiger partial charge in [-0.15, -0.1) is 0 Å². The lowest BCUT2D eigenvalue weighted by Crippen LogP contribution is -2.29. The van der Waals surface area contributed by atoms with Crippen LogP contribution in [0.1, 0.15) is 36.8 Å². The van der Waals surface area contributed by atoms with Crippen LogP contribution in [0.3, 0.4) is 0 Å². The predicted octanol–water partition coefficient (Wildman–Crippen LogP) is 5.45. The van der Waals surface area contributed by atoms with E-state index in [-0.39, 0.29) is 41.0 Å². The van der Waals surface area contributed by atoms with E-state index in [1.54, 1.807) is 6.07 Å². The summed E-state index contributed by atoms with van der Waals surface area (Å²) in [6.45, 7) is 2.06. The summed E-state index contributed by atoms with van der Waals surface area (Å²) in [4.78, 5) is 20.7. The molecule has 0 radical (unpaired) electrons. The van der Waals surface area contributed by atoms with Crippen molar-refractivity contribution in [2.45, 2.75) is 38.2 Å². The summed E-state index contributed by atoms with van der Waals surface area (Å²) in [5.74, 6) is -5.18. The van der Waals surface area contributed by atoms with E-state index in [2.05, 4.69) is 15.2 Å². The Morgan fingerprint density at radius 1 is 1.05 bits per heavy atom. The number of rotatable bonds is 7. The molecule has 40 heavy (non-hydrogen) atoms. The van der Waals surface area contributed by atoms with E-state index in [4.69, 9.17) is 11.1 Å². The molecule has 4 N–H and O–H groups in total. The van der Waals surface area contributed by atoms with Gasteiger partial charge in [-0.1, -0.05) is 12.5 Å². The van der Waals surface area contributed by atoms with Crippen molar-refractivity contribution in [2.75, 3.05) is 42.1 Å². The average Bonchev–Trinajstić information content (AvgIpc) is 3.31. The molecular formula is C29H30F4N6O. The lowest BCUT2D eigenvalue weighted by atomic mass is 9.97. The zero-order valence-electron chi connectivity index (χ0n) is 21.8. The van der Waals surface area contributed by atoms with Gasteiger partial charge in [0.1, 0.15) is 11.5 Å². The summed E-state index contributed by atoms with van der Waals surface area (Å²) in [7, 11) is 0. The maximum Gasteiger partial charge on any atom is 0.274 e. The molecule has 0 spiro atoms. The zero-order chi connectivity index (χ0) is 28.4. The van der Waals surface area contributed by atoms with Crippen molar-refractivity contribution in [3.05, 3.63) is 71.4 Å². The van der Waals surface area contributed by atoms with E-state index in [9.17, 15) is 22.4 Å². The van der Waals surface area contributed by atoms with Gasteiger partial charge in [0.25, 0.3) is 11.8 Å². The maximum atomic E-state index is 14.9. The minimum Gasteiger partial charge on any atom is -0.398 e. The number of nitrogens with one attached hydrogen (secondary N) is 2. The van der Waals surface area contributed by atoms with Crippen molar-refractivity contribution in [2.24, 2.45) is 0 Å².